The van der Waals surface area contributed by atoms with Gasteiger partial charge in [-0.05, 0) is 56.0 Å². The van der Waals surface area contributed by atoms with Crippen LogP contribution in [0.2, 0.25) is 0 Å². The molecule has 8 nitrogen and oxygen atoms in total. The molecular formula is C33H28FN5O3. The summed E-state index contributed by atoms with van der Waals surface area (Å²) < 4.78 is 24.8. The molecule has 0 saturated carbocycles. The van der Waals surface area contributed by atoms with Crippen LogP contribution in [0.3, 0.4) is 0 Å². The van der Waals surface area contributed by atoms with Crippen molar-refractivity contribution in [2.75, 3.05) is 6.61 Å². The molecule has 0 saturated heterocycles. The summed E-state index contributed by atoms with van der Waals surface area (Å²) in [5, 5.41) is 20.4. The van der Waals surface area contributed by atoms with Gasteiger partial charge in [0.1, 0.15) is 5.69 Å². The fourth-order valence-electron chi connectivity index (χ4n) is 6.12. The average Bonchev–Trinajstić information content (AvgIpc) is 3.55. The first-order valence-electron chi connectivity index (χ1n) is 13.9. The number of carboxylic acid groups (broad SMARTS) is 1. The van der Waals surface area contributed by atoms with Gasteiger partial charge in [-0.3, -0.25) is 9.48 Å². The van der Waals surface area contributed by atoms with Crippen molar-refractivity contribution in [1.29, 1.82) is 0 Å². The van der Waals surface area contributed by atoms with Crippen LogP contribution in [0.4, 0.5) is 4.39 Å². The van der Waals surface area contributed by atoms with Crippen molar-refractivity contribution < 1.29 is 19.0 Å². The Morgan fingerprint density at radius 2 is 1.90 bits per heavy atom. The van der Waals surface area contributed by atoms with Gasteiger partial charge in [-0.15, -0.1) is 0 Å². The number of hydrogen-bond donors (Lipinski definition) is 1. The van der Waals surface area contributed by atoms with Gasteiger partial charge in [-0.25, -0.2) is 13.9 Å². The summed E-state index contributed by atoms with van der Waals surface area (Å²) >= 11 is 0. The summed E-state index contributed by atoms with van der Waals surface area (Å²) in [4.78, 5) is 17.1. The highest BCUT2D eigenvalue weighted by Gasteiger charge is 2.28. The molecule has 210 valence electrons. The van der Waals surface area contributed by atoms with Crippen molar-refractivity contribution in [3.8, 4) is 39.4 Å². The Morgan fingerprint density at radius 3 is 2.69 bits per heavy atom. The zero-order chi connectivity index (χ0) is 29.1. The Bertz CT molecular complexity index is 2040. The van der Waals surface area contributed by atoms with E-state index in [2.05, 4.69) is 11.2 Å². The van der Waals surface area contributed by atoms with Crippen LogP contribution in [0.5, 0.6) is 5.75 Å². The van der Waals surface area contributed by atoms with Crippen LogP contribution in [0.25, 0.3) is 50.2 Å². The second-order valence-electron chi connectivity index (χ2n) is 10.8. The van der Waals surface area contributed by atoms with Gasteiger partial charge in [0.25, 0.3) is 0 Å². The quantitative estimate of drug-likeness (QED) is 0.265. The molecule has 1 N–H and O–H groups in total. The van der Waals surface area contributed by atoms with Crippen molar-refractivity contribution in [3.63, 3.8) is 0 Å². The molecule has 0 atom stereocenters. The standard InChI is InChI=1S/C33H28FN5O3/c1-18-23-10-7-13-42-32(23)26(34)15-24(18)31-25(16-28(40)41)19(2)36-33-29(21-11-12-27-22(14-21)17-35-38(27)3)30(37-39(31)33)20-8-5-4-6-9-20/h4-6,8-9,11-12,14-15,17H,7,10,13,16H2,1-3H3,(H,40,41). The van der Waals surface area contributed by atoms with Gasteiger partial charge < -0.3 is 9.84 Å². The molecule has 1 aliphatic heterocycles. The van der Waals surface area contributed by atoms with E-state index in [-0.39, 0.29) is 12.2 Å². The lowest BCUT2D eigenvalue weighted by Gasteiger charge is -2.23. The number of aromatic nitrogens is 5. The minimum Gasteiger partial charge on any atom is -0.490 e. The molecular weight excluding hydrogens is 533 g/mol. The van der Waals surface area contributed by atoms with Crippen molar-refractivity contribution in [1.82, 2.24) is 24.4 Å². The fourth-order valence-corrected chi connectivity index (χ4v) is 6.12. The molecule has 4 heterocycles. The second-order valence-corrected chi connectivity index (χ2v) is 10.8. The molecule has 3 aromatic carbocycles. The van der Waals surface area contributed by atoms with Crippen LogP contribution in [0.15, 0.2) is 60.8 Å². The molecule has 0 amide bonds. The highest BCUT2D eigenvalue weighted by Crippen LogP contribution is 2.42. The van der Waals surface area contributed by atoms with Crippen molar-refractivity contribution in [2.45, 2.75) is 33.1 Å². The molecule has 7 rings (SSSR count). The number of aliphatic carboxylic acids is 1. The monoisotopic (exact) mass is 561 g/mol. The van der Waals surface area contributed by atoms with Crippen LogP contribution in [0.1, 0.15) is 28.8 Å². The predicted octanol–water partition coefficient (Wildman–Crippen LogP) is 6.33. The minimum absolute atomic E-state index is 0.278. The van der Waals surface area contributed by atoms with Gasteiger partial charge in [0.15, 0.2) is 17.2 Å². The van der Waals surface area contributed by atoms with Gasteiger partial charge in [0.2, 0.25) is 0 Å². The Morgan fingerprint density at radius 1 is 1.10 bits per heavy atom. The highest BCUT2D eigenvalue weighted by atomic mass is 19.1. The molecule has 6 aromatic rings. The third kappa shape index (κ3) is 4.03. The summed E-state index contributed by atoms with van der Waals surface area (Å²) in [5.41, 5.74) is 8.64. The van der Waals surface area contributed by atoms with E-state index in [0.717, 1.165) is 45.1 Å². The summed E-state index contributed by atoms with van der Waals surface area (Å²) in [6, 6.07) is 17.4. The zero-order valence-corrected chi connectivity index (χ0v) is 23.5. The number of carboxylic acids is 1. The molecule has 0 fully saturated rings. The van der Waals surface area contributed by atoms with E-state index >= 15 is 4.39 Å². The first-order valence-corrected chi connectivity index (χ1v) is 13.9. The molecule has 0 spiro atoms. The summed E-state index contributed by atoms with van der Waals surface area (Å²) in [6.45, 7) is 4.21. The molecule has 1 aliphatic rings. The van der Waals surface area contributed by atoms with Gasteiger partial charge in [0.05, 0.1) is 36.0 Å². The summed E-state index contributed by atoms with van der Waals surface area (Å²) in [7, 11) is 1.90. The first-order chi connectivity index (χ1) is 20.3. The van der Waals surface area contributed by atoms with E-state index < -0.39 is 11.8 Å². The maximum absolute atomic E-state index is 15.6. The maximum atomic E-state index is 15.6. The summed E-state index contributed by atoms with van der Waals surface area (Å²) in [5.74, 6) is -1.19. The smallest absolute Gasteiger partial charge is 0.307 e. The number of hydrogen-bond acceptors (Lipinski definition) is 5. The van der Waals surface area contributed by atoms with E-state index in [1.165, 1.54) is 6.07 Å². The van der Waals surface area contributed by atoms with Crippen molar-refractivity contribution in [3.05, 3.63) is 89.0 Å². The normalized spacial score (nSPS) is 13.0. The largest absolute Gasteiger partial charge is 0.490 e. The number of halogens is 1. The van der Waals surface area contributed by atoms with E-state index in [1.807, 2.05) is 67.3 Å². The maximum Gasteiger partial charge on any atom is 0.307 e. The Balaban J connectivity index is 1.61. The Kier molecular flexibility index (Phi) is 6.04. The molecule has 9 heteroatoms. The van der Waals surface area contributed by atoms with E-state index in [0.29, 0.717) is 46.9 Å². The van der Waals surface area contributed by atoms with Gasteiger partial charge in [-0.2, -0.15) is 10.2 Å². The topological polar surface area (TPSA) is 94.5 Å². The number of fused-ring (bicyclic) bond motifs is 3. The molecule has 3 aromatic heterocycles. The van der Waals surface area contributed by atoms with E-state index in [9.17, 15) is 9.90 Å². The third-order valence-electron chi connectivity index (χ3n) is 8.17. The molecule has 42 heavy (non-hydrogen) atoms. The zero-order valence-electron chi connectivity index (χ0n) is 23.5. The van der Waals surface area contributed by atoms with Crippen LogP contribution < -0.4 is 4.74 Å². The van der Waals surface area contributed by atoms with Crippen LogP contribution in [0, 0.1) is 19.7 Å². The van der Waals surface area contributed by atoms with E-state index in [4.69, 9.17) is 14.8 Å². The number of benzene rings is 3. The van der Waals surface area contributed by atoms with Crippen LogP contribution >= 0.6 is 0 Å². The molecule has 0 bridgehead atoms. The number of nitrogens with zero attached hydrogens (tertiary/aromatic N) is 5. The highest BCUT2D eigenvalue weighted by molar-refractivity contribution is 5.95. The van der Waals surface area contributed by atoms with Crippen molar-refractivity contribution >= 4 is 22.5 Å². The van der Waals surface area contributed by atoms with Crippen molar-refractivity contribution in [2.24, 2.45) is 7.05 Å². The molecule has 0 radical (unpaired) electrons. The van der Waals surface area contributed by atoms with Gasteiger partial charge in [-0.1, -0.05) is 36.4 Å². The lowest BCUT2D eigenvalue weighted by molar-refractivity contribution is -0.136. The second kappa shape index (κ2) is 9.80. The first kappa shape index (κ1) is 25.9. The number of aryl methyl sites for hydroxylation is 2. The fraction of sp³-hybridized carbons (Fsp3) is 0.212. The predicted molar refractivity (Wildman–Crippen MR) is 158 cm³/mol. The SMILES string of the molecule is Cc1nc2c(-c3ccc4c(cnn4C)c3)c(-c3ccccc3)nn2c(-c2cc(F)c3c(c2C)CCCO3)c1CC(=O)O. The minimum atomic E-state index is -1.00. The number of ether oxygens (including phenoxy) is 1. The van der Waals surface area contributed by atoms with Gasteiger partial charge in [0, 0.05) is 40.4 Å². The van der Waals surface area contributed by atoms with Gasteiger partial charge >= 0.3 is 5.97 Å². The van der Waals surface area contributed by atoms with Crippen LogP contribution in [-0.4, -0.2) is 42.1 Å². The lowest BCUT2D eigenvalue weighted by atomic mass is 9.91. The summed E-state index contributed by atoms with van der Waals surface area (Å²) in [6.07, 6.45) is 3.00. The lowest BCUT2D eigenvalue weighted by Crippen LogP contribution is -2.14. The molecule has 0 unspecified atom stereocenters. The molecule has 0 aliphatic carbocycles. The average molecular weight is 562 g/mol. The van der Waals surface area contributed by atoms with E-state index in [1.54, 1.807) is 11.4 Å². The number of carbonyl (C=O) groups is 1. The van der Waals surface area contributed by atoms with Crippen LogP contribution in [-0.2, 0) is 24.7 Å². The third-order valence-corrected chi connectivity index (χ3v) is 8.17. The Hall–Kier alpha value is -5.05. The number of rotatable bonds is 5. The Labute approximate surface area is 241 Å².